The second-order valence-corrected chi connectivity index (χ2v) is 11.9. The molecular weight excluding hydrogens is 594 g/mol. The van der Waals surface area contributed by atoms with Gasteiger partial charge in [0, 0.05) is 6.20 Å². The van der Waals surface area contributed by atoms with Crippen molar-refractivity contribution in [3.8, 4) is 5.75 Å². The molecule has 3 N–H and O–H groups in total. The third-order valence-electron chi connectivity index (χ3n) is 6.49. The number of methoxy groups -OCH3 is 1. The molecule has 1 heterocycles. The Balaban J connectivity index is 1.79. The van der Waals surface area contributed by atoms with E-state index in [0.29, 0.717) is 11.3 Å². The van der Waals surface area contributed by atoms with E-state index in [4.69, 9.17) is 18.9 Å². The Morgan fingerprint density at radius 3 is 2.24 bits per heavy atom. The van der Waals surface area contributed by atoms with Crippen LogP contribution in [0.25, 0.3) is 0 Å². The van der Waals surface area contributed by atoms with Crippen LogP contribution < -0.4 is 20.7 Å². The largest absolute Gasteiger partial charge is 0.497 e. The summed E-state index contributed by atoms with van der Waals surface area (Å²) < 4.78 is 23.1. The topological polar surface area (TPSA) is 159 Å². The van der Waals surface area contributed by atoms with Gasteiger partial charge in [-0.3, -0.25) is 9.59 Å². The number of nitrogens with one attached hydrogen (secondary N) is 3. The van der Waals surface area contributed by atoms with Crippen LogP contribution in [0.5, 0.6) is 5.75 Å². The lowest BCUT2D eigenvalue weighted by molar-refractivity contribution is -0.145. The molecule has 0 saturated heterocycles. The van der Waals surface area contributed by atoms with Crippen molar-refractivity contribution in [1.82, 2.24) is 20.2 Å². The lowest BCUT2D eigenvalue weighted by Crippen LogP contribution is -2.59. The first-order valence-electron chi connectivity index (χ1n) is 14.8. The third-order valence-corrected chi connectivity index (χ3v) is 6.49. The highest BCUT2D eigenvalue weighted by atomic mass is 16.6. The van der Waals surface area contributed by atoms with Gasteiger partial charge in [0.1, 0.15) is 22.9 Å². The Morgan fingerprint density at radius 2 is 1.63 bits per heavy atom. The average Bonchev–Trinajstić information content (AvgIpc) is 3.43. The highest BCUT2D eigenvalue weighted by molar-refractivity contribution is 5.98. The van der Waals surface area contributed by atoms with E-state index in [2.05, 4.69) is 20.9 Å². The van der Waals surface area contributed by atoms with E-state index < -0.39 is 47.1 Å². The number of aromatic nitrogens is 2. The molecule has 13 heteroatoms. The van der Waals surface area contributed by atoms with Gasteiger partial charge >= 0.3 is 12.1 Å². The van der Waals surface area contributed by atoms with Crippen LogP contribution in [0.4, 0.5) is 10.6 Å². The van der Waals surface area contributed by atoms with Gasteiger partial charge in [0.25, 0.3) is 5.91 Å². The van der Waals surface area contributed by atoms with Crippen molar-refractivity contribution in [2.75, 3.05) is 25.6 Å². The number of alkyl carbamates (subject to hydrolysis) is 1. The molecule has 3 rings (SSSR count). The average molecular weight is 638 g/mol. The van der Waals surface area contributed by atoms with Crippen molar-refractivity contribution in [2.24, 2.45) is 0 Å². The number of carbonyl (C=O) groups is 4. The molecule has 46 heavy (non-hydrogen) atoms. The fourth-order valence-electron chi connectivity index (χ4n) is 4.20. The summed E-state index contributed by atoms with van der Waals surface area (Å²) in [6.07, 6.45) is 2.10. The summed E-state index contributed by atoms with van der Waals surface area (Å²) in [7, 11) is 1.55. The number of esters is 1. The van der Waals surface area contributed by atoms with E-state index >= 15 is 0 Å². The minimum Gasteiger partial charge on any atom is -0.497 e. The molecule has 248 valence electrons. The summed E-state index contributed by atoms with van der Waals surface area (Å²) in [6.45, 7) is 9.98. The quantitative estimate of drug-likeness (QED) is 0.222. The molecule has 0 aliphatic rings. The minimum absolute atomic E-state index is 0.126. The lowest BCUT2D eigenvalue weighted by atomic mass is 10.0. The van der Waals surface area contributed by atoms with E-state index in [0.717, 1.165) is 5.56 Å². The van der Waals surface area contributed by atoms with Crippen molar-refractivity contribution in [1.29, 1.82) is 0 Å². The maximum absolute atomic E-state index is 13.5. The highest BCUT2D eigenvalue weighted by Crippen LogP contribution is 2.24. The Hall–Kier alpha value is -4.91. The van der Waals surface area contributed by atoms with Crippen LogP contribution >= 0.6 is 0 Å². The number of anilines is 1. The van der Waals surface area contributed by atoms with Crippen LogP contribution in [0.1, 0.15) is 58.7 Å². The van der Waals surface area contributed by atoms with Crippen molar-refractivity contribution in [3.05, 3.63) is 78.2 Å². The smallest absolute Gasteiger partial charge is 0.408 e. The van der Waals surface area contributed by atoms with Gasteiger partial charge in [0.2, 0.25) is 5.91 Å². The third kappa shape index (κ3) is 10.6. The molecule has 2 aromatic carbocycles. The normalized spacial score (nSPS) is 12.8. The zero-order valence-corrected chi connectivity index (χ0v) is 27.3. The molecular formula is C33H43N5O8. The number of carbonyl (C=O) groups excluding carboxylic acids is 4. The van der Waals surface area contributed by atoms with Gasteiger partial charge in [0.15, 0.2) is 11.9 Å². The molecule has 0 fully saturated rings. The summed E-state index contributed by atoms with van der Waals surface area (Å²) in [5, 5.41) is 7.89. The monoisotopic (exact) mass is 637 g/mol. The van der Waals surface area contributed by atoms with Crippen LogP contribution in [-0.4, -0.2) is 70.9 Å². The van der Waals surface area contributed by atoms with E-state index in [9.17, 15) is 19.2 Å². The Labute approximate surface area is 269 Å². The van der Waals surface area contributed by atoms with Crippen molar-refractivity contribution >= 4 is 29.7 Å². The first-order chi connectivity index (χ1) is 21.7. The molecule has 2 atom stereocenters. The number of hydrogen-bond acceptors (Lipinski definition) is 9. The maximum atomic E-state index is 13.5. The van der Waals surface area contributed by atoms with Gasteiger partial charge in [-0.15, -0.1) is 0 Å². The molecule has 0 bridgehead atoms. The Morgan fingerprint density at radius 1 is 0.957 bits per heavy atom. The molecule has 0 spiro atoms. The molecule has 2 unspecified atom stereocenters. The molecule has 13 nitrogen and oxygen atoms in total. The van der Waals surface area contributed by atoms with E-state index in [1.54, 1.807) is 59.1 Å². The summed E-state index contributed by atoms with van der Waals surface area (Å²) in [5.74, 6) is -1.04. The number of benzene rings is 2. The number of hydrogen-bond donors (Lipinski definition) is 3. The molecule has 0 aliphatic heterocycles. The first-order valence-corrected chi connectivity index (χ1v) is 14.8. The molecule has 0 radical (unpaired) electrons. The van der Waals surface area contributed by atoms with Crippen LogP contribution in [0.3, 0.4) is 0 Å². The molecule has 1 aromatic heterocycles. The molecule has 3 amide bonds. The standard InChI is InChI=1S/C33H43N5O8/c1-8-45-29(40)27(23-14-16-24(43-7)17-15-23)38-18-26(34-21-38)36-28(39)25(20-44-19-22-12-10-9-11-13-22)35-30(41)33(5,6)37-31(42)46-32(2,3)4/h9-18,21,25,27H,8,19-20H2,1-7H3,(H,35,41)(H,36,39)(H,37,42). The number of amides is 3. The van der Waals surface area contributed by atoms with Crippen LogP contribution in [0.2, 0.25) is 0 Å². The summed E-state index contributed by atoms with van der Waals surface area (Å²) in [5.41, 5.74) is -0.712. The van der Waals surface area contributed by atoms with E-state index in [1.807, 2.05) is 30.3 Å². The van der Waals surface area contributed by atoms with E-state index in [-0.39, 0.29) is 25.6 Å². The SMILES string of the molecule is CCOC(=O)C(c1ccc(OC)cc1)n1cnc(NC(=O)C(COCc2ccccc2)NC(=O)C(C)(C)NC(=O)OC(C)(C)C)c1. The minimum atomic E-state index is -1.44. The fourth-order valence-corrected chi connectivity index (χ4v) is 4.20. The summed E-state index contributed by atoms with van der Waals surface area (Å²) >= 11 is 0. The Kier molecular flexibility index (Phi) is 12.3. The lowest BCUT2D eigenvalue weighted by Gasteiger charge is -2.29. The number of ether oxygens (including phenoxy) is 4. The molecule has 0 saturated carbocycles. The van der Waals surface area contributed by atoms with Crippen LogP contribution in [0, 0.1) is 0 Å². The van der Waals surface area contributed by atoms with Crippen molar-refractivity contribution in [2.45, 2.75) is 71.4 Å². The van der Waals surface area contributed by atoms with Gasteiger partial charge < -0.3 is 39.5 Å². The van der Waals surface area contributed by atoms with Crippen molar-refractivity contribution < 1.29 is 38.1 Å². The maximum Gasteiger partial charge on any atom is 0.408 e. The number of imidazole rings is 1. The van der Waals surface area contributed by atoms with Gasteiger partial charge in [-0.05, 0) is 64.8 Å². The van der Waals surface area contributed by atoms with Crippen LogP contribution in [-0.2, 0) is 35.2 Å². The van der Waals surface area contributed by atoms with Gasteiger partial charge in [-0.2, -0.15) is 0 Å². The highest BCUT2D eigenvalue weighted by Gasteiger charge is 2.35. The first kappa shape index (κ1) is 35.6. The van der Waals surface area contributed by atoms with Crippen molar-refractivity contribution in [3.63, 3.8) is 0 Å². The second-order valence-electron chi connectivity index (χ2n) is 11.9. The zero-order chi connectivity index (χ0) is 33.9. The molecule has 3 aromatic rings. The second kappa shape index (κ2) is 15.9. The Bertz CT molecular complexity index is 1470. The predicted molar refractivity (Wildman–Crippen MR) is 170 cm³/mol. The number of nitrogens with zero attached hydrogens (tertiary/aromatic N) is 2. The van der Waals surface area contributed by atoms with Crippen LogP contribution in [0.15, 0.2) is 67.1 Å². The van der Waals surface area contributed by atoms with Gasteiger partial charge in [-0.25, -0.2) is 14.6 Å². The fraction of sp³-hybridized carbons (Fsp3) is 0.424. The molecule has 0 aliphatic carbocycles. The van der Waals surface area contributed by atoms with Gasteiger partial charge in [0.05, 0.1) is 33.3 Å². The summed E-state index contributed by atoms with van der Waals surface area (Å²) in [6, 6.07) is 14.2. The number of rotatable bonds is 14. The predicted octanol–water partition coefficient (Wildman–Crippen LogP) is 3.99. The van der Waals surface area contributed by atoms with Gasteiger partial charge in [-0.1, -0.05) is 42.5 Å². The summed E-state index contributed by atoms with van der Waals surface area (Å²) in [4.78, 5) is 56.4. The van der Waals surface area contributed by atoms with E-state index in [1.165, 1.54) is 30.9 Å². The zero-order valence-electron chi connectivity index (χ0n) is 27.3.